The molecule has 29 nitrogen and oxygen atoms in total. The number of nitrogens with two attached hydrogens (primary N) is 3. The number of phenolic OH excluding ortho intramolecular Hbond substituents is 1. The Kier molecular flexibility index (Phi) is 27.0. The third-order valence-corrected chi connectivity index (χ3v) is 17.4. The number of hydrogen-bond acceptors (Lipinski definition) is 15. The molecule has 1 fully saturated rings. The Morgan fingerprint density at radius 1 is 0.551 bits per heavy atom. The van der Waals surface area contributed by atoms with E-state index in [-0.39, 0.29) is 63.3 Å². The summed E-state index contributed by atoms with van der Waals surface area (Å²) in [5.41, 5.74) is 20.9. The Balaban J connectivity index is 1.14. The van der Waals surface area contributed by atoms with Crippen molar-refractivity contribution in [2.45, 2.75) is 159 Å². The number of para-hydroxylation sites is 2. The molecule has 4 aromatic carbocycles. The highest BCUT2D eigenvalue weighted by Crippen LogP contribution is 2.25. The number of aromatic hydroxyl groups is 1. The first kappa shape index (κ1) is 74.7. The minimum absolute atomic E-state index is 0.0144. The van der Waals surface area contributed by atoms with E-state index in [2.05, 4.69) is 52.5 Å². The molecule has 0 radical (unpaired) electrons. The Hall–Kier alpha value is -10.7. The second kappa shape index (κ2) is 35.4. The monoisotopic (exact) mass is 1350 g/mol. The highest BCUT2D eigenvalue weighted by Gasteiger charge is 2.42. The molecule has 0 unspecified atom stereocenters. The Morgan fingerprint density at radius 3 is 1.58 bits per heavy atom. The molecule has 0 saturated carbocycles. The number of primary amides is 1. The molecule has 19 N–H and O–H groups in total. The zero-order chi connectivity index (χ0) is 71.3. The molecule has 3 heterocycles. The number of aromatic nitrogens is 2. The molecule has 98 heavy (non-hydrogen) atoms. The largest absolute Gasteiger partial charge is 0.508 e. The van der Waals surface area contributed by atoms with Crippen LogP contribution in [0.25, 0.3) is 21.8 Å². The first-order valence-corrected chi connectivity index (χ1v) is 32.6. The van der Waals surface area contributed by atoms with Gasteiger partial charge >= 0.3 is 11.9 Å². The molecule has 6 aromatic rings. The van der Waals surface area contributed by atoms with Crippen molar-refractivity contribution in [2.24, 2.45) is 29.0 Å². The predicted octanol–water partition coefficient (Wildman–Crippen LogP) is 0.698. The number of phenols is 1. The molecule has 2 aromatic heterocycles. The molecule has 1 aliphatic rings. The molecule has 1 saturated heterocycles. The van der Waals surface area contributed by atoms with Gasteiger partial charge in [0.2, 0.25) is 59.1 Å². The fourth-order valence-electron chi connectivity index (χ4n) is 11.6. The topological polar surface area (TPSA) is 475 Å². The van der Waals surface area contributed by atoms with Gasteiger partial charge in [-0.3, -0.25) is 52.7 Å². The van der Waals surface area contributed by atoms with Gasteiger partial charge in [0.25, 0.3) is 0 Å². The van der Waals surface area contributed by atoms with Crippen molar-refractivity contribution >= 4 is 92.8 Å². The van der Waals surface area contributed by atoms with Crippen molar-refractivity contribution in [3.05, 3.63) is 138 Å². The van der Waals surface area contributed by atoms with Crippen LogP contribution in [0.15, 0.2) is 116 Å². The first-order valence-electron chi connectivity index (χ1n) is 32.6. The van der Waals surface area contributed by atoms with Gasteiger partial charge in [-0.15, -0.1) is 0 Å². The van der Waals surface area contributed by atoms with Gasteiger partial charge in [0.15, 0.2) is 0 Å². The van der Waals surface area contributed by atoms with Gasteiger partial charge in [-0.1, -0.05) is 113 Å². The van der Waals surface area contributed by atoms with Crippen LogP contribution in [0.3, 0.4) is 0 Å². The molecule has 11 atom stereocenters. The number of hydrogen-bond donors (Lipinski definition) is 16. The van der Waals surface area contributed by atoms with Crippen molar-refractivity contribution in [3.8, 4) is 5.75 Å². The van der Waals surface area contributed by atoms with Crippen LogP contribution in [0.4, 0.5) is 0 Å². The minimum Gasteiger partial charge on any atom is -0.508 e. The number of likely N-dealkylation sites (tertiary alicyclic amines) is 1. The maximum atomic E-state index is 15.2. The van der Waals surface area contributed by atoms with E-state index in [4.69, 9.17) is 17.2 Å². The van der Waals surface area contributed by atoms with E-state index in [1.807, 2.05) is 0 Å². The number of nitrogens with zero attached hydrogens (tertiary/aromatic N) is 1. The Bertz CT molecular complexity index is 3820. The summed E-state index contributed by atoms with van der Waals surface area (Å²) in [7, 11) is 0. The Labute approximate surface area is 565 Å². The summed E-state index contributed by atoms with van der Waals surface area (Å²) in [5.74, 6) is -13.1. The zero-order valence-electron chi connectivity index (χ0n) is 55.0. The SMILES string of the molecule is CC[C@H](C)[C@@H](NC(=O)[C@H](CCCN)NC(=O)[C@@H](N)C(C)C)C(=O)N[C@@H](Cc1ccc(O)cc1)C(=O)N1CCC[C@H]1C(=O)N[C@@H](Cc1c[nH]c2ccccc12)C(=O)N[C@@H](Cc1ccccc1)C(=O)N[C@@H](CC(N)=O)C(=O)N[C@@H](CC(=O)O)C(=O)N[C@@H](Cc1c[nH]c2ccccc12)C(=O)O. The van der Waals surface area contributed by atoms with Crippen LogP contribution < -0.4 is 59.7 Å². The standard InChI is InChI=1S/C69H88N14O15/c1-5-38(4)59(82-60(88)48(21-13-27-70)75-66(94)58(72)37(2)3)67(95)80-53(30-40-23-25-43(84)26-24-40)68(96)83-28-14-22-55(83)65(93)79-50(31-41-35-73-46-19-11-9-17-44(41)46)62(90)76-49(29-39-15-7-6-8-16-39)61(89)77-51(33-56(71)85)63(91)78-52(34-57(86)87)64(92)81-54(69(97)98)32-42-36-74-47-20-12-10-18-45(42)47/h6-12,15-20,23-26,35-38,48-55,58-59,73-74,84H,5,13-14,21-22,27-34,70,72H2,1-4H3,(H2,71,85)(H,75,94)(H,76,90)(H,77,89)(H,78,91)(H,79,93)(H,80,95)(H,81,92)(H,82,88)(H,86,87)(H,97,98)/t38-,48-,49-,50-,51-,52-,53-,54-,55-,58-,59+/m0/s1. The van der Waals surface area contributed by atoms with Gasteiger partial charge in [-0.2, -0.15) is 0 Å². The molecule has 7 rings (SSSR count). The number of nitrogens with one attached hydrogen (secondary N) is 10. The van der Waals surface area contributed by atoms with Crippen molar-refractivity contribution < 1.29 is 72.9 Å². The van der Waals surface area contributed by atoms with Gasteiger partial charge in [0.05, 0.1) is 18.9 Å². The number of carboxylic acids is 2. The van der Waals surface area contributed by atoms with Crippen LogP contribution in [-0.4, -0.2) is 175 Å². The summed E-state index contributed by atoms with van der Waals surface area (Å²) in [4.78, 5) is 175. The van der Waals surface area contributed by atoms with Crippen LogP contribution in [0.2, 0.25) is 0 Å². The van der Waals surface area contributed by atoms with E-state index in [1.54, 1.807) is 131 Å². The van der Waals surface area contributed by atoms with Crippen molar-refractivity contribution in [2.75, 3.05) is 13.1 Å². The lowest BCUT2D eigenvalue weighted by atomic mass is 9.96. The lowest BCUT2D eigenvalue weighted by Gasteiger charge is -2.32. The number of amides is 10. The smallest absolute Gasteiger partial charge is 0.326 e. The van der Waals surface area contributed by atoms with Crippen LogP contribution in [0, 0.1) is 11.8 Å². The van der Waals surface area contributed by atoms with Crippen LogP contribution >= 0.6 is 0 Å². The lowest BCUT2D eigenvalue weighted by molar-refractivity contribution is -0.144. The van der Waals surface area contributed by atoms with E-state index < -0.39 is 150 Å². The van der Waals surface area contributed by atoms with Crippen molar-refractivity contribution in [3.63, 3.8) is 0 Å². The normalized spacial score (nSPS) is 15.9. The van der Waals surface area contributed by atoms with E-state index in [0.29, 0.717) is 63.3 Å². The molecule has 10 amide bonds. The fraction of sp³-hybridized carbons (Fsp3) is 0.420. The summed E-state index contributed by atoms with van der Waals surface area (Å²) < 4.78 is 0. The summed E-state index contributed by atoms with van der Waals surface area (Å²) in [5, 5.41) is 52.4. The highest BCUT2D eigenvalue weighted by atomic mass is 16.4. The van der Waals surface area contributed by atoms with E-state index in [1.165, 1.54) is 17.0 Å². The Morgan fingerprint density at radius 2 is 1.03 bits per heavy atom. The lowest BCUT2D eigenvalue weighted by Crippen LogP contribution is -2.61. The zero-order valence-corrected chi connectivity index (χ0v) is 55.0. The van der Waals surface area contributed by atoms with Crippen LogP contribution in [0.1, 0.15) is 94.9 Å². The third-order valence-electron chi connectivity index (χ3n) is 17.4. The number of benzene rings is 4. The molecular formula is C69H88N14O15. The molecule has 0 bridgehead atoms. The number of aliphatic carboxylic acids is 2. The van der Waals surface area contributed by atoms with Crippen molar-refractivity contribution in [1.82, 2.24) is 57.4 Å². The first-order chi connectivity index (χ1) is 46.7. The maximum absolute atomic E-state index is 15.2. The van der Waals surface area contributed by atoms with Gasteiger partial charge in [-0.25, -0.2) is 4.79 Å². The second-order valence-corrected chi connectivity index (χ2v) is 25.0. The highest BCUT2D eigenvalue weighted by molar-refractivity contribution is 6.01. The predicted molar refractivity (Wildman–Crippen MR) is 360 cm³/mol. The molecule has 29 heteroatoms. The van der Waals surface area contributed by atoms with Gasteiger partial charge in [-0.05, 0) is 90.6 Å². The van der Waals surface area contributed by atoms with E-state index in [0.717, 1.165) is 0 Å². The number of fused-ring (bicyclic) bond motifs is 2. The molecule has 1 aliphatic heterocycles. The number of H-pyrrole nitrogens is 2. The van der Waals surface area contributed by atoms with Crippen molar-refractivity contribution in [1.29, 1.82) is 0 Å². The number of aromatic amines is 2. The summed E-state index contributed by atoms with van der Waals surface area (Å²) >= 11 is 0. The summed E-state index contributed by atoms with van der Waals surface area (Å²) in [6.07, 6.45) is 1.52. The average Bonchev–Trinajstić information content (AvgIpc) is 1.74. The quantitative estimate of drug-likeness (QED) is 0.0257. The summed E-state index contributed by atoms with van der Waals surface area (Å²) in [6.45, 7) is 7.25. The number of carboxylic acid groups (broad SMARTS) is 2. The summed E-state index contributed by atoms with van der Waals surface area (Å²) in [6, 6.07) is 13.7. The van der Waals surface area contributed by atoms with Gasteiger partial charge in [0.1, 0.15) is 60.1 Å². The van der Waals surface area contributed by atoms with E-state index in [9.17, 15) is 58.5 Å². The van der Waals surface area contributed by atoms with E-state index >= 15 is 14.4 Å². The molecular weight excluding hydrogens is 1260 g/mol. The molecule has 0 aliphatic carbocycles. The van der Waals surface area contributed by atoms with Crippen LogP contribution in [-0.2, 0) is 83.2 Å². The number of rotatable bonds is 36. The number of carbonyl (C=O) groups is 12. The minimum atomic E-state index is -1.97. The molecule has 524 valence electrons. The maximum Gasteiger partial charge on any atom is 0.326 e. The van der Waals surface area contributed by atoms with Gasteiger partial charge < -0.3 is 89.9 Å². The average molecular weight is 1350 g/mol. The number of carbonyl (C=O) groups excluding carboxylic acids is 10. The third kappa shape index (κ3) is 20.7. The second-order valence-electron chi connectivity index (χ2n) is 25.0. The van der Waals surface area contributed by atoms with Gasteiger partial charge in [0, 0.05) is 66.4 Å². The molecule has 0 spiro atoms. The fourth-order valence-corrected chi connectivity index (χ4v) is 11.6. The van der Waals surface area contributed by atoms with Crippen LogP contribution in [0.5, 0.6) is 5.75 Å².